The number of amides is 1. The quantitative estimate of drug-likeness (QED) is 0.666. The average Bonchev–Trinajstić information content (AvgIpc) is 2.09. The molecule has 5 heteroatoms. The van der Waals surface area contributed by atoms with Crippen molar-refractivity contribution in [3.8, 4) is 0 Å². The number of nitrogens with two attached hydrogens (primary N) is 1. The molecule has 0 rings (SSSR count). The maximum absolute atomic E-state index is 11.3. The molecule has 1 atom stereocenters. The average molecular weight is 216 g/mol. The highest BCUT2D eigenvalue weighted by atomic mass is 16.6. The first-order valence-corrected chi connectivity index (χ1v) is 5.04. The Morgan fingerprint density at radius 2 is 2.13 bits per heavy atom. The Hall–Kier alpha value is -1.10. The molecule has 0 bridgehead atoms. The van der Waals surface area contributed by atoms with E-state index in [4.69, 9.17) is 10.5 Å². The van der Waals surface area contributed by atoms with E-state index in [1.807, 2.05) is 0 Å². The number of rotatable bonds is 5. The second-order valence-corrected chi connectivity index (χ2v) is 4.32. The fourth-order valence-electron chi connectivity index (χ4n) is 0.971. The third-order valence-corrected chi connectivity index (χ3v) is 1.59. The summed E-state index contributed by atoms with van der Waals surface area (Å²) in [5, 5.41) is 2.47. The SMILES string of the molecule is CC(C)(C)OC(=O)N[C@@H](C=O)CCCN. The number of hydrogen-bond donors (Lipinski definition) is 2. The van der Waals surface area contributed by atoms with Gasteiger partial charge in [-0.25, -0.2) is 4.79 Å². The summed E-state index contributed by atoms with van der Waals surface area (Å²) in [6, 6.07) is -0.511. The van der Waals surface area contributed by atoms with Crippen LogP contribution in [-0.4, -0.2) is 30.6 Å². The van der Waals surface area contributed by atoms with Gasteiger partial charge in [0.1, 0.15) is 11.9 Å². The molecule has 0 saturated heterocycles. The zero-order valence-electron chi connectivity index (χ0n) is 9.58. The Balaban J connectivity index is 3.96. The van der Waals surface area contributed by atoms with E-state index in [9.17, 15) is 9.59 Å². The molecule has 0 aliphatic rings. The van der Waals surface area contributed by atoms with E-state index in [0.717, 1.165) is 0 Å². The lowest BCUT2D eigenvalue weighted by molar-refractivity contribution is -0.109. The summed E-state index contributed by atoms with van der Waals surface area (Å²) in [6.45, 7) is 5.80. The lowest BCUT2D eigenvalue weighted by Gasteiger charge is -2.21. The molecular formula is C10H20N2O3. The first kappa shape index (κ1) is 13.9. The zero-order valence-corrected chi connectivity index (χ0v) is 9.58. The number of ether oxygens (including phenoxy) is 1. The normalized spacial score (nSPS) is 13.1. The van der Waals surface area contributed by atoms with Crippen molar-refractivity contribution in [1.82, 2.24) is 5.32 Å². The van der Waals surface area contributed by atoms with Gasteiger partial charge in [0.05, 0.1) is 6.04 Å². The minimum absolute atomic E-state index is 0.500. The van der Waals surface area contributed by atoms with Crippen LogP contribution in [0.4, 0.5) is 4.79 Å². The van der Waals surface area contributed by atoms with Gasteiger partial charge in [-0.1, -0.05) is 0 Å². The summed E-state index contributed by atoms with van der Waals surface area (Å²) in [5.74, 6) is 0. The van der Waals surface area contributed by atoms with Crippen LogP contribution in [0.15, 0.2) is 0 Å². The third-order valence-electron chi connectivity index (χ3n) is 1.59. The summed E-state index contributed by atoms with van der Waals surface area (Å²) in [4.78, 5) is 21.9. The summed E-state index contributed by atoms with van der Waals surface area (Å²) < 4.78 is 5.01. The number of carbonyl (C=O) groups is 2. The fraction of sp³-hybridized carbons (Fsp3) is 0.800. The summed E-state index contributed by atoms with van der Waals surface area (Å²) >= 11 is 0. The molecule has 0 unspecified atom stereocenters. The van der Waals surface area contributed by atoms with Gasteiger partial charge < -0.3 is 20.6 Å². The fourth-order valence-corrected chi connectivity index (χ4v) is 0.971. The number of hydrogen-bond acceptors (Lipinski definition) is 4. The molecule has 3 N–H and O–H groups in total. The first-order chi connectivity index (χ1) is 6.89. The summed E-state index contributed by atoms with van der Waals surface area (Å²) in [7, 11) is 0. The minimum atomic E-state index is -0.573. The molecule has 0 aliphatic heterocycles. The molecule has 15 heavy (non-hydrogen) atoms. The maximum atomic E-state index is 11.3. The molecule has 5 nitrogen and oxygen atoms in total. The maximum Gasteiger partial charge on any atom is 0.408 e. The van der Waals surface area contributed by atoms with Crippen molar-refractivity contribution < 1.29 is 14.3 Å². The molecule has 0 fully saturated rings. The van der Waals surface area contributed by atoms with E-state index in [0.29, 0.717) is 25.7 Å². The van der Waals surface area contributed by atoms with E-state index in [1.54, 1.807) is 20.8 Å². The lowest BCUT2D eigenvalue weighted by Crippen LogP contribution is -2.40. The highest BCUT2D eigenvalue weighted by Crippen LogP contribution is 2.07. The number of aldehydes is 1. The van der Waals surface area contributed by atoms with Gasteiger partial charge in [0.25, 0.3) is 0 Å². The molecule has 0 aromatic carbocycles. The molecule has 0 saturated carbocycles. The second kappa shape index (κ2) is 6.40. The largest absolute Gasteiger partial charge is 0.444 e. The number of carbonyl (C=O) groups excluding carboxylic acids is 2. The van der Waals surface area contributed by atoms with E-state index in [2.05, 4.69) is 5.32 Å². The monoisotopic (exact) mass is 216 g/mol. The molecule has 88 valence electrons. The summed E-state index contributed by atoms with van der Waals surface area (Å²) in [5.41, 5.74) is 4.75. The van der Waals surface area contributed by atoms with Crippen LogP contribution in [0, 0.1) is 0 Å². The van der Waals surface area contributed by atoms with Crippen molar-refractivity contribution in [2.45, 2.75) is 45.3 Å². The van der Waals surface area contributed by atoms with Gasteiger partial charge in [0, 0.05) is 0 Å². The highest BCUT2D eigenvalue weighted by Gasteiger charge is 2.18. The van der Waals surface area contributed by atoms with Crippen LogP contribution in [-0.2, 0) is 9.53 Å². The van der Waals surface area contributed by atoms with Gasteiger partial charge in [-0.3, -0.25) is 0 Å². The third kappa shape index (κ3) is 7.93. The summed E-state index contributed by atoms with van der Waals surface area (Å²) in [6.07, 6.45) is 1.36. The minimum Gasteiger partial charge on any atom is -0.444 e. The van der Waals surface area contributed by atoms with Gasteiger partial charge in [-0.15, -0.1) is 0 Å². The van der Waals surface area contributed by atoms with Crippen LogP contribution >= 0.6 is 0 Å². The van der Waals surface area contributed by atoms with Crippen molar-refractivity contribution >= 4 is 12.4 Å². The molecular weight excluding hydrogens is 196 g/mol. The molecule has 0 heterocycles. The van der Waals surface area contributed by atoms with E-state index >= 15 is 0 Å². The highest BCUT2D eigenvalue weighted by molar-refractivity contribution is 5.73. The van der Waals surface area contributed by atoms with Crippen molar-refractivity contribution in [3.63, 3.8) is 0 Å². The Morgan fingerprint density at radius 3 is 2.53 bits per heavy atom. The van der Waals surface area contributed by atoms with Crippen molar-refractivity contribution in [2.75, 3.05) is 6.54 Å². The van der Waals surface area contributed by atoms with Crippen LogP contribution in [0.2, 0.25) is 0 Å². The van der Waals surface area contributed by atoms with E-state index in [-0.39, 0.29) is 0 Å². The van der Waals surface area contributed by atoms with Gasteiger partial charge in [-0.2, -0.15) is 0 Å². The van der Waals surface area contributed by atoms with Crippen LogP contribution in [0.25, 0.3) is 0 Å². The van der Waals surface area contributed by atoms with Gasteiger partial charge in [0.2, 0.25) is 0 Å². The molecule has 0 radical (unpaired) electrons. The number of nitrogens with one attached hydrogen (secondary N) is 1. The Morgan fingerprint density at radius 1 is 1.53 bits per heavy atom. The van der Waals surface area contributed by atoms with Gasteiger partial charge in [-0.05, 0) is 40.2 Å². The molecule has 0 aliphatic carbocycles. The van der Waals surface area contributed by atoms with Gasteiger partial charge in [0.15, 0.2) is 0 Å². The first-order valence-electron chi connectivity index (χ1n) is 5.04. The molecule has 1 amide bonds. The Labute approximate surface area is 90.4 Å². The standard InChI is InChI=1S/C10H20N2O3/c1-10(2,3)15-9(14)12-8(7-13)5-4-6-11/h7-8H,4-6,11H2,1-3H3,(H,12,14)/t8-/m1/s1. The van der Waals surface area contributed by atoms with Crippen molar-refractivity contribution in [3.05, 3.63) is 0 Å². The Kier molecular flexibility index (Phi) is 5.93. The molecule has 0 aromatic rings. The smallest absolute Gasteiger partial charge is 0.408 e. The predicted molar refractivity (Wildman–Crippen MR) is 57.5 cm³/mol. The second-order valence-electron chi connectivity index (χ2n) is 4.32. The lowest BCUT2D eigenvalue weighted by atomic mass is 10.2. The van der Waals surface area contributed by atoms with Crippen LogP contribution < -0.4 is 11.1 Å². The van der Waals surface area contributed by atoms with Gasteiger partial charge >= 0.3 is 6.09 Å². The Bertz CT molecular complexity index is 211. The van der Waals surface area contributed by atoms with E-state index in [1.165, 1.54) is 0 Å². The van der Waals surface area contributed by atoms with Crippen LogP contribution in [0.1, 0.15) is 33.6 Å². The van der Waals surface area contributed by atoms with Crippen molar-refractivity contribution in [1.29, 1.82) is 0 Å². The predicted octanol–water partition coefficient (Wildman–Crippen LogP) is 0.817. The van der Waals surface area contributed by atoms with Crippen molar-refractivity contribution in [2.24, 2.45) is 5.73 Å². The number of alkyl carbamates (subject to hydrolysis) is 1. The van der Waals surface area contributed by atoms with E-state index < -0.39 is 17.7 Å². The zero-order chi connectivity index (χ0) is 11.9. The van der Waals surface area contributed by atoms with Crippen LogP contribution in [0.3, 0.4) is 0 Å². The topological polar surface area (TPSA) is 81.4 Å². The van der Waals surface area contributed by atoms with Crippen LogP contribution in [0.5, 0.6) is 0 Å². The molecule has 0 aromatic heterocycles. The molecule has 0 spiro atoms.